The van der Waals surface area contributed by atoms with E-state index in [1.54, 1.807) is 18.2 Å². The number of nitrogens with one attached hydrogen (secondary N) is 1. The van der Waals surface area contributed by atoms with E-state index in [1.807, 2.05) is 13.8 Å². The second-order valence-corrected chi connectivity index (χ2v) is 7.30. The lowest BCUT2D eigenvalue weighted by Crippen LogP contribution is -2.65. The Morgan fingerprint density at radius 2 is 1.88 bits per heavy atom. The number of nitrogens with zero attached hydrogens (tertiary/aromatic N) is 1. The second kappa shape index (κ2) is 5.95. The Morgan fingerprint density at radius 1 is 1.20 bits per heavy atom. The first-order valence-corrected chi connectivity index (χ1v) is 7.98. The highest BCUT2D eigenvalue weighted by atomic mass is 19.1. The average molecular weight is 342 g/mol. The highest BCUT2D eigenvalue weighted by Gasteiger charge is 2.55. The third-order valence-corrected chi connectivity index (χ3v) is 4.51. The van der Waals surface area contributed by atoms with Crippen LogP contribution in [0, 0.1) is 11.2 Å². The zero-order chi connectivity index (χ0) is 18.2. The van der Waals surface area contributed by atoms with Gasteiger partial charge in [-0.2, -0.15) is 0 Å². The molecule has 1 aliphatic rings. The van der Waals surface area contributed by atoms with E-state index >= 15 is 0 Å². The molecule has 0 radical (unpaired) electrons. The highest BCUT2D eigenvalue weighted by molar-refractivity contribution is 5.99. The van der Waals surface area contributed by atoms with Crippen LogP contribution in [0.3, 0.4) is 0 Å². The van der Waals surface area contributed by atoms with E-state index in [0.717, 1.165) is 0 Å². The molecule has 0 saturated heterocycles. The van der Waals surface area contributed by atoms with Crippen LogP contribution >= 0.6 is 0 Å². The fourth-order valence-corrected chi connectivity index (χ4v) is 3.57. The molecule has 1 aliphatic carbocycles. The van der Waals surface area contributed by atoms with Crippen molar-refractivity contribution in [2.24, 2.45) is 5.41 Å². The fraction of sp³-hybridized carbons (Fsp3) is 0.316. The molecule has 6 heteroatoms. The maximum atomic E-state index is 13.9. The van der Waals surface area contributed by atoms with Gasteiger partial charge in [-0.1, -0.05) is 32.0 Å². The number of halogens is 1. The minimum Gasteiger partial charge on any atom is -0.480 e. The van der Waals surface area contributed by atoms with E-state index in [9.17, 15) is 19.1 Å². The highest BCUT2D eigenvalue weighted by Crippen LogP contribution is 2.48. The van der Waals surface area contributed by atoms with Gasteiger partial charge in [-0.25, -0.2) is 9.18 Å². The molecule has 1 amide bonds. The van der Waals surface area contributed by atoms with Crippen molar-refractivity contribution in [1.82, 2.24) is 10.3 Å². The molecule has 1 heterocycles. The SMILES string of the molecule is CC1(C)CC(NC(=O)c2cncc(-c3ccccc3F)c2)(C(=O)O)C1. The molecule has 2 N–H and O–H groups in total. The molecule has 2 aromatic rings. The van der Waals surface area contributed by atoms with Gasteiger partial charge < -0.3 is 10.4 Å². The van der Waals surface area contributed by atoms with E-state index < -0.39 is 23.2 Å². The summed E-state index contributed by atoms with van der Waals surface area (Å²) in [5.74, 6) is -1.98. The van der Waals surface area contributed by atoms with Crippen LogP contribution in [0.2, 0.25) is 0 Å². The predicted octanol–water partition coefficient (Wildman–Crippen LogP) is 3.26. The van der Waals surface area contributed by atoms with Crippen LogP contribution in [-0.4, -0.2) is 27.5 Å². The Labute approximate surface area is 144 Å². The minimum atomic E-state index is -1.26. The summed E-state index contributed by atoms with van der Waals surface area (Å²) in [6.45, 7) is 3.92. The van der Waals surface area contributed by atoms with Gasteiger partial charge in [0.25, 0.3) is 5.91 Å². The molecule has 0 aliphatic heterocycles. The molecule has 0 spiro atoms. The molecule has 1 fully saturated rings. The summed E-state index contributed by atoms with van der Waals surface area (Å²) < 4.78 is 13.9. The lowest BCUT2D eigenvalue weighted by molar-refractivity contribution is -0.154. The predicted molar refractivity (Wildman–Crippen MR) is 90.5 cm³/mol. The summed E-state index contributed by atoms with van der Waals surface area (Å²) in [4.78, 5) is 28.1. The molecule has 0 atom stereocenters. The van der Waals surface area contributed by atoms with E-state index in [0.29, 0.717) is 24.0 Å². The number of carboxylic acid groups (broad SMARTS) is 1. The van der Waals surface area contributed by atoms with E-state index in [-0.39, 0.29) is 11.0 Å². The van der Waals surface area contributed by atoms with Gasteiger partial charge in [0.1, 0.15) is 11.4 Å². The second-order valence-electron chi connectivity index (χ2n) is 7.30. The van der Waals surface area contributed by atoms with Gasteiger partial charge in [-0.15, -0.1) is 0 Å². The zero-order valence-corrected chi connectivity index (χ0v) is 14.0. The third kappa shape index (κ3) is 3.24. The van der Waals surface area contributed by atoms with Gasteiger partial charge in [0.05, 0.1) is 5.56 Å². The first kappa shape index (κ1) is 17.1. The topological polar surface area (TPSA) is 79.3 Å². The van der Waals surface area contributed by atoms with Crippen LogP contribution in [0.15, 0.2) is 42.7 Å². The summed E-state index contributed by atoms with van der Waals surface area (Å²) in [6.07, 6.45) is 3.54. The summed E-state index contributed by atoms with van der Waals surface area (Å²) in [6, 6.07) is 7.72. The van der Waals surface area contributed by atoms with Gasteiger partial charge in [0, 0.05) is 23.5 Å². The molecular formula is C19H19FN2O3. The maximum absolute atomic E-state index is 13.9. The van der Waals surface area contributed by atoms with Gasteiger partial charge in [-0.05, 0) is 30.4 Å². The van der Waals surface area contributed by atoms with Gasteiger partial charge in [-0.3, -0.25) is 9.78 Å². The van der Waals surface area contributed by atoms with Crippen molar-refractivity contribution in [3.63, 3.8) is 0 Å². The zero-order valence-electron chi connectivity index (χ0n) is 14.0. The van der Waals surface area contributed by atoms with Crippen LogP contribution < -0.4 is 5.32 Å². The van der Waals surface area contributed by atoms with E-state index in [4.69, 9.17) is 0 Å². The normalized spacial score (nSPS) is 17.4. The summed E-state index contributed by atoms with van der Waals surface area (Å²) in [5.41, 5.74) is -0.384. The number of aromatic nitrogens is 1. The molecule has 1 aromatic carbocycles. The largest absolute Gasteiger partial charge is 0.480 e. The lowest BCUT2D eigenvalue weighted by atomic mass is 9.59. The number of carboxylic acids is 1. The lowest BCUT2D eigenvalue weighted by Gasteiger charge is -2.50. The van der Waals surface area contributed by atoms with Crippen molar-refractivity contribution in [2.75, 3.05) is 0 Å². The van der Waals surface area contributed by atoms with Crippen molar-refractivity contribution >= 4 is 11.9 Å². The molecular weight excluding hydrogens is 323 g/mol. The summed E-state index contributed by atoms with van der Waals surface area (Å²) in [5, 5.41) is 12.1. The number of carbonyl (C=O) groups excluding carboxylic acids is 1. The van der Waals surface area contributed by atoms with Crippen molar-refractivity contribution < 1.29 is 19.1 Å². The number of pyridine rings is 1. The monoisotopic (exact) mass is 342 g/mol. The van der Waals surface area contributed by atoms with Crippen molar-refractivity contribution in [2.45, 2.75) is 32.2 Å². The van der Waals surface area contributed by atoms with E-state index in [1.165, 1.54) is 24.5 Å². The van der Waals surface area contributed by atoms with Crippen LogP contribution in [0.1, 0.15) is 37.0 Å². The van der Waals surface area contributed by atoms with Crippen LogP contribution in [0.4, 0.5) is 4.39 Å². The Bertz CT molecular complexity index is 840. The van der Waals surface area contributed by atoms with Crippen LogP contribution in [0.5, 0.6) is 0 Å². The van der Waals surface area contributed by atoms with Gasteiger partial charge >= 0.3 is 5.97 Å². The minimum absolute atomic E-state index is 0.126. The van der Waals surface area contributed by atoms with Crippen molar-refractivity contribution in [3.05, 3.63) is 54.1 Å². The number of aliphatic carboxylic acids is 1. The van der Waals surface area contributed by atoms with E-state index in [2.05, 4.69) is 10.3 Å². The summed E-state index contributed by atoms with van der Waals surface area (Å²) in [7, 11) is 0. The molecule has 1 saturated carbocycles. The van der Waals surface area contributed by atoms with Crippen molar-refractivity contribution in [3.8, 4) is 11.1 Å². The number of benzene rings is 1. The third-order valence-electron chi connectivity index (χ3n) is 4.51. The summed E-state index contributed by atoms with van der Waals surface area (Å²) >= 11 is 0. The molecule has 130 valence electrons. The smallest absolute Gasteiger partial charge is 0.329 e. The Morgan fingerprint density at radius 3 is 2.48 bits per heavy atom. The molecule has 0 unspecified atom stereocenters. The number of hydrogen-bond acceptors (Lipinski definition) is 3. The quantitative estimate of drug-likeness (QED) is 0.894. The fourth-order valence-electron chi connectivity index (χ4n) is 3.57. The molecule has 3 rings (SSSR count). The molecule has 1 aromatic heterocycles. The van der Waals surface area contributed by atoms with Crippen LogP contribution in [0.25, 0.3) is 11.1 Å². The molecule has 5 nitrogen and oxygen atoms in total. The number of rotatable bonds is 4. The Balaban J connectivity index is 1.85. The Kier molecular flexibility index (Phi) is 4.06. The van der Waals surface area contributed by atoms with Crippen molar-refractivity contribution in [1.29, 1.82) is 0 Å². The molecule has 25 heavy (non-hydrogen) atoms. The number of amides is 1. The molecule has 0 bridgehead atoms. The van der Waals surface area contributed by atoms with Crippen LogP contribution in [-0.2, 0) is 4.79 Å². The Hall–Kier alpha value is -2.76. The standard InChI is InChI=1S/C19H19FN2O3/c1-18(2)10-19(11-18,17(24)25)22-16(23)13-7-12(8-21-9-13)14-5-3-4-6-15(14)20/h3-9H,10-11H2,1-2H3,(H,22,23)(H,24,25). The first-order valence-electron chi connectivity index (χ1n) is 7.98. The first-order chi connectivity index (χ1) is 11.7. The number of hydrogen-bond donors (Lipinski definition) is 2. The van der Waals surface area contributed by atoms with Gasteiger partial charge in [0.15, 0.2) is 0 Å². The average Bonchev–Trinajstić information content (AvgIpc) is 2.53. The maximum Gasteiger partial charge on any atom is 0.329 e. The van der Waals surface area contributed by atoms with Gasteiger partial charge in [0.2, 0.25) is 0 Å². The number of carbonyl (C=O) groups is 2.